The Hall–Kier alpha value is -2.45. The third-order valence-electron chi connectivity index (χ3n) is 2.90. The first-order chi connectivity index (χ1) is 9.12. The molecule has 1 heterocycles. The average molecular weight is 268 g/mol. The third kappa shape index (κ3) is 1.83. The summed E-state index contributed by atoms with van der Waals surface area (Å²) in [7, 11) is -3.62. The predicted octanol–water partition coefficient (Wildman–Crippen LogP) is 2.10. The number of nitrogens with zero attached hydrogens (tertiary/aromatic N) is 2. The van der Waals surface area contributed by atoms with Gasteiger partial charge in [-0.15, -0.1) is 0 Å². The van der Waals surface area contributed by atoms with Gasteiger partial charge in [0.1, 0.15) is 0 Å². The lowest BCUT2D eigenvalue weighted by Crippen LogP contribution is -2.00. The van der Waals surface area contributed by atoms with Gasteiger partial charge in [0.25, 0.3) is 10.0 Å². The second kappa shape index (κ2) is 4.04. The lowest BCUT2D eigenvalue weighted by atomic mass is 10.0. The highest BCUT2D eigenvalue weighted by Gasteiger charge is 2.28. The molecule has 19 heavy (non-hydrogen) atoms. The van der Waals surface area contributed by atoms with Crippen molar-refractivity contribution in [2.45, 2.75) is 4.90 Å². The standard InChI is InChI=1S/C14H8N2O2S/c15-9-10-4-3-5-11(8-10)14-12-6-1-2-7-13(12)19(17,18)16-14/h1-8H. The molecule has 0 saturated heterocycles. The normalized spacial score (nSPS) is 15.4. The first kappa shape index (κ1) is 11.6. The van der Waals surface area contributed by atoms with Crippen molar-refractivity contribution < 1.29 is 8.42 Å². The van der Waals surface area contributed by atoms with E-state index in [1.54, 1.807) is 42.5 Å². The summed E-state index contributed by atoms with van der Waals surface area (Å²) >= 11 is 0. The fourth-order valence-corrected chi connectivity index (χ4v) is 3.29. The molecule has 2 aromatic carbocycles. The second-order valence-corrected chi connectivity index (χ2v) is 5.68. The summed E-state index contributed by atoms with van der Waals surface area (Å²) in [6, 6.07) is 15.5. The smallest absolute Gasteiger partial charge is 0.199 e. The number of benzene rings is 2. The van der Waals surface area contributed by atoms with Gasteiger partial charge >= 0.3 is 0 Å². The quantitative estimate of drug-likeness (QED) is 0.795. The molecule has 4 nitrogen and oxygen atoms in total. The molecular weight excluding hydrogens is 260 g/mol. The highest BCUT2D eigenvalue weighted by Crippen LogP contribution is 2.28. The maximum Gasteiger partial charge on any atom is 0.283 e. The molecule has 0 atom stereocenters. The van der Waals surface area contributed by atoms with Crippen LogP contribution in [0, 0.1) is 11.3 Å². The number of rotatable bonds is 1. The van der Waals surface area contributed by atoms with E-state index in [2.05, 4.69) is 4.40 Å². The van der Waals surface area contributed by atoms with E-state index in [-0.39, 0.29) is 4.90 Å². The van der Waals surface area contributed by atoms with Crippen molar-refractivity contribution in [2.24, 2.45) is 4.40 Å². The highest BCUT2D eigenvalue weighted by molar-refractivity contribution is 7.90. The topological polar surface area (TPSA) is 70.3 Å². The lowest BCUT2D eigenvalue weighted by molar-refractivity contribution is 0.599. The molecule has 3 rings (SSSR count). The van der Waals surface area contributed by atoms with E-state index in [0.717, 1.165) is 0 Å². The Kier molecular flexibility index (Phi) is 2.47. The zero-order valence-electron chi connectivity index (χ0n) is 9.74. The summed E-state index contributed by atoms with van der Waals surface area (Å²) in [4.78, 5) is 0.215. The molecule has 0 aliphatic carbocycles. The Morgan fingerprint density at radius 3 is 2.63 bits per heavy atom. The number of nitriles is 1. The summed E-state index contributed by atoms with van der Waals surface area (Å²) in [5.74, 6) is 0. The Morgan fingerprint density at radius 1 is 1.05 bits per heavy atom. The van der Waals surface area contributed by atoms with Crippen LogP contribution < -0.4 is 0 Å². The zero-order chi connectivity index (χ0) is 13.5. The molecule has 0 radical (unpaired) electrons. The molecule has 0 bridgehead atoms. The fourth-order valence-electron chi connectivity index (χ4n) is 2.05. The molecule has 1 aliphatic rings. The minimum Gasteiger partial charge on any atom is -0.199 e. The molecule has 0 aromatic heterocycles. The summed E-state index contributed by atoms with van der Waals surface area (Å²) in [5.41, 5.74) is 2.08. The molecule has 0 saturated carbocycles. The molecule has 0 fully saturated rings. The van der Waals surface area contributed by atoms with Crippen LogP contribution in [-0.4, -0.2) is 14.1 Å². The largest absolute Gasteiger partial charge is 0.283 e. The minimum absolute atomic E-state index is 0.215. The van der Waals surface area contributed by atoms with Crippen molar-refractivity contribution in [1.82, 2.24) is 0 Å². The number of hydrogen-bond donors (Lipinski definition) is 0. The van der Waals surface area contributed by atoms with Gasteiger partial charge in [0, 0.05) is 11.1 Å². The van der Waals surface area contributed by atoms with Crippen LogP contribution in [0.1, 0.15) is 16.7 Å². The van der Waals surface area contributed by atoms with Crippen LogP contribution in [-0.2, 0) is 10.0 Å². The summed E-state index contributed by atoms with van der Waals surface area (Å²) in [6.07, 6.45) is 0. The Morgan fingerprint density at radius 2 is 1.84 bits per heavy atom. The Labute approximate surface area is 110 Å². The van der Waals surface area contributed by atoms with Crippen LogP contribution in [0.5, 0.6) is 0 Å². The second-order valence-electron chi connectivity index (χ2n) is 4.10. The van der Waals surface area contributed by atoms with Crippen LogP contribution >= 0.6 is 0 Å². The van der Waals surface area contributed by atoms with Crippen LogP contribution in [0.25, 0.3) is 0 Å². The number of sulfonamides is 1. The first-order valence-corrected chi connectivity index (χ1v) is 7.01. The Balaban J connectivity index is 2.25. The van der Waals surface area contributed by atoms with Gasteiger partial charge in [-0.05, 0) is 18.2 Å². The summed E-state index contributed by atoms with van der Waals surface area (Å²) < 4.78 is 27.7. The van der Waals surface area contributed by atoms with Gasteiger partial charge in [0.05, 0.1) is 22.2 Å². The SMILES string of the molecule is N#Cc1cccc(C2=NS(=O)(=O)c3ccccc32)c1. The fraction of sp³-hybridized carbons (Fsp3) is 0. The molecule has 0 unspecified atom stereocenters. The van der Waals surface area contributed by atoms with Crippen molar-refractivity contribution >= 4 is 15.7 Å². The van der Waals surface area contributed by atoms with Crippen molar-refractivity contribution in [3.8, 4) is 6.07 Å². The van der Waals surface area contributed by atoms with Gasteiger partial charge in [-0.3, -0.25) is 0 Å². The summed E-state index contributed by atoms with van der Waals surface area (Å²) in [5, 5.41) is 8.89. The van der Waals surface area contributed by atoms with Crippen LogP contribution in [0.4, 0.5) is 0 Å². The van der Waals surface area contributed by atoms with Crippen LogP contribution in [0.2, 0.25) is 0 Å². The molecule has 0 spiro atoms. The maximum absolute atomic E-state index is 11.9. The van der Waals surface area contributed by atoms with Crippen molar-refractivity contribution in [3.05, 3.63) is 65.2 Å². The van der Waals surface area contributed by atoms with E-state index in [9.17, 15) is 8.42 Å². The van der Waals surface area contributed by atoms with Crippen molar-refractivity contribution in [3.63, 3.8) is 0 Å². The van der Waals surface area contributed by atoms with E-state index in [4.69, 9.17) is 5.26 Å². The van der Waals surface area contributed by atoms with Gasteiger partial charge in [-0.1, -0.05) is 30.3 Å². The zero-order valence-corrected chi connectivity index (χ0v) is 10.6. The van der Waals surface area contributed by atoms with Crippen molar-refractivity contribution in [1.29, 1.82) is 5.26 Å². The minimum atomic E-state index is -3.62. The van der Waals surface area contributed by atoms with Gasteiger partial charge in [-0.2, -0.15) is 18.1 Å². The van der Waals surface area contributed by atoms with Crippen molar-refractivity contribution in [2.75, 3.05) is 0 Å². The average Bonchev–Trinajstić information content (AvgIpc) is 2.72. The molecular formula is C14H8N2O2S. The van der Waals surface area contributed by atoms with Gasteiger partial charge in [0.2, 0.25) is 0 Å². The van der Waals surface area contributed by atoms with E-state index in [1.165, 1.54) is 6.07 Å². The van der Waals surface area contributed by atoms with E-state index < -0.39 is 10.0 Å². The molecule has 0 amide bonds. The maximum atomic E-state index is 11.9. The molecule has 92 valence electrons. The summed E-state index contributed by atoms with van der Waals surface area (Å²) in [6.45, 7) is 0. The van der Waals surface area contributed by atoms with E-state index in [0.29, 0.717) is 22.4 Å². The molecule has 5 heteroatoms. The number of hydrogen-bond acceptors (Lipinski definition) is 3. The predicted molar refractivity (Wildman–Crippen MR) is 70.4 cm³/mol. The van der Waals surface area contributed by atoms with Crippen LogP contribution in [0.15, 0.2) is 57.8 Å². The first-order valence-electron chi connectivity index (χ1n) is 5.57. The van der Waals surface area contributed by atoms with Gasteiger partial charge < -0.3 is 0 Å². The number of fused-ring (bicyclic) bond motifs is 1. The third-order valence-corrected chi connectivity index (χ3v) is 4.23. The highest BCUT2D eigenvalue weighted by atomic mass is 32.2. The van der Waals surface area contributed by atoms with Crippen LogP contribution in [0.3, 0.4) is 0 Å². The van der Waals surface area contributed by atoms with E-state index in [1.807, 2.05) is 6.07 Å². The molecule has 0 N–H and O–H groups in total. The van der Waals surface area contributed by atoms with Gasteiger partial charge in [-0.25, -0.2) is 0 Å². The van der Waals surface area contributed by atoms with Gasteiger partial charge in [0.15, 0.2) is 0 Å². The molecule has 2 aromatic rings. The monoisotopic (exact) mass is 268 g/mol. The Bertz CT molecular complexity index is 846. The lowest BCUT2D eigenvalue weighted by Gasteiger charge is -2.02. The molecule has 1 aliphatic heterocycles. The van der Waals surface area contributed by atoms with E-state index >= 15 is 0 Å².